The summed E-state index contributed by atoms with van der Waals surface area (Å²) in [5.41, 5.74) is 2.72. The predicted molar refractivity (Wildman–Crippen MR) is 140 cm³/mol. The van der Waals surface area contributed by atoms with Crippen molar-refractivity contribution in [3.05, 3.63) is 59.7 Å². The number of β-lactam (4-membered cyclic amide) rings is 1. The van der Waals surface area contributed by atoms with Crippen molar-refractivity contribution in [2.75, 3.05) is 18.0 Å². The molecule has 6 heteroatoms. The van der Waals surface area contributed by atoms with Crippen LogP contribution in [0, 0.1) is 12.3 Å². The lowest BCUT2D eigenvalue weighted by atomic mass is 9.72. The van der Waals surface area contributed by atoms with Gasteiger partial charge in [-0.1, -0.05) is 57.0 Å². The minimum Gasteiger partial charge on any atom is -0.469 e. The molecule has 0 spiro atoms. The van der Waals surface area contributed by atoms with Crippen LogP contribution >= 0.6 is 0 Å². The molecule has 0 aromatic heterocycles. The van der Waals surface area contributed by atoms with Gasteiger partial charge in [0.15, 0.2) is 6.23 Å². The Morgan fingerprint density at radius 2 is 1.66 bits per heavy atom. The molecule has 0 bridgehead atoms. The molecule has 2 aromatic rings. The molecule has 35 heavy (non-hydrogen) atoms. The number of hydrogen-bond acceptors (Lipinski definition) is 4. The second-order valence-electron chi connectivity index (χ2n) is 9.90. The number of urea groups is 1. The van der Waals surface area contributed by atoms with Gasteiger partial charge in [0.25, 0.3) is 0 Å². The van der Waals surface area contributed by atoms with Crippen LogP contribution in [0.15, 0.2) is 48.5 Å². The summed E-state index contributed by atoms with van der Waals surface area (Å²) in [5.74, 6) is 0.524. The molecule has 0 radical (unpaired) electrons. The van der Waals surface area contributed by atoms with Crippen molar-refractivity contribution in [3.8, 4) is 5.75 Å². The molecule has 2 unspecified atom stereocenters. The number of benzene rings is 2. The monoisotopic (exact) mass is 477 g/mol. The number of imide groups is 1. The highest BCUT2D eigenvalue weighted by Gasteiger charge is 2.63. The highest BCUT2D eigenvalue weighted by Crippen LogP contribution is 2.46. The number of anilines is 1. The average molecular weight is 478 g/mol. The van der Waals surface area contributed by atoms with E-state index in [1.165, 1.54) is 29.0 Å². The first kappa shape index (κ1) is 25.1. The van der Waals surface area contributed by atoms with Crippen LogP contribution in [-0.4, -0.2) is 36.2 Å². The summed E-state index contributed by atoms with van der Waals surface area (Å²) in [5, 5.41) is 3.11. The van der Waals surface area contributed by atoms with Gasteiger partial charge in [0, 0.05) is 18.8 Å². The first-order chi connectivity index (χ1) is 16.9. The fraction of sp³-hybridized carbons (Fsp3) is 0.517. The van der Waals surface area contributed by atoms with Crippen molar-refractivity contribution in [2.24, 2.45) is 5.41 Å². The zero-order valence-corrected chi connectivity index (χ0v) is 21.5. The lowest BCUT2D eigenvalue weighted by Gasteiger charge is -2.53. The number of hydrogen-bond donors (Lipinski definition) is 1. The van der Waals surface area contributed by atoms with Crippen molar-refractivity contribution >= 4 is 17.6 Å². The van der Waals surface area contributed by atoms with Gasteiger partial charge in [-0.25, -0.2) is 9.69 Å². The lowest BCUT2D eigenvalue weighted by molar-refractivity contribution is -0.191. The van der Waals surface area contributed by atoms with E-state index in [0.717, 1.165) is 31.5 Å². The Balaban J connectivity index is 1.52. The molecule has 4 rings (SSSR count). The lowest BCUT2D eigenvalue weighted by Crippen LogP contribution is -2.73. The van der Waals surface area contributed by atoms with Gasteiger partial charge in [-0.15, -0.1) is 0 Å². The maximum atomic E-state index is 13.4. The van der Waals surface area contributed by atoms with E-state index < -0.39 is 11.6 Å². The number of aryl methyl sites for hydroxylation is 1. The Hall–Kier alpha value is -3.02. The fourth-order valence-corrected chi connectivity index (χ4v) is 5.37. The Morgan fingerprint density at radius 1 is 1.03 bits per heavy atom. The summed E-state index contributed by atoms with van der Waals surface area (Å²) in [6.07, 6.45) is 4.80. The molecular weight excluding hydrogens is 438 g/mol. The van der Waals surface area contributed by atoms with E-state index in [-0.39, 0.29) is 18.0 Å². The van der Waals surface area contributed by atoms with E-state index >= 15 is 0 Å². The van der Waals surface area contributed by atoms with Crippen LogP contribution < -0.4 is 15.0 Å². The maximum Gasteiger partial charge on any atom is 0.327 e. The largest absolute Gasteiger partial charge is 0.469 e. The zero-order chi connectivity index (χ0) is 25.0. The van der Waals surface area contributed by atoms with Gasteiger partial charge < -0.3 is 15.0 Å². The van der Waals surface area contributed by atoms with E-state index in [9.17, 15) is 9.59 Å². The second kappa shape index (κ2) is 10.7. The van der Waals surface area contributed by atoms with Crippen molar-refractivity contribution in [2.45, 2.75) is 78.5 Å². The number of amides is 3. The number of nitrogens with one attached hydrogen (secondary N) is 1. The minimum atomic E-state index is -0.685. The van der Waals surface area contributed by atoms with Crippen LogP contribution in [0.3, 0.4) is 0 Å². The highest BCUT2D eigenvalue weighted by molar-refractivity contribution is 6.03. The van der Waals surface area contributed by atoms with E-state index in [1.54, 1.807) is 0 Å². The van der Waals surface area contributed by atoms with Crippen molar-refractivity contribution < 1.29 is 14.3 Å². The number of rotatable bonds is 9. The third kappa shape index (κ3) is 4.89. The van der Waals surface area contributed by atoms with Gasteiger partial charge >= 0.3 is 6.03 Å². The predicted octanol–water partition coefficient (Wildman–Crippen LogP) is 6.20. The van der Waals surface area contributed by atoms with Crippen LogP contribution in [0.25, 0.3) is 0 Å². The molecule has 2 aromatic carbocycles. The Bertz CT molecular complexity index is 1010. The van der Waals surface area contributed by atoms with Crippen LogP contribution in [0.1, 0.15) is 76.5 Å². The number of likely N-dealkylation sites (tertiary alicyclic amines) is 1. The molecule has 3 amide bonds. The summed E-state index contributed by atoms with van der Waals surface area (Å²) in [6, 6.07) is 15.7. The fourth-order valence-electron chi connectivity index (χ4n) is 5.37. The van der Waals surface area contributed by atoms with Crippen LogP contribution in [-0.2, 0) is 4.79 Å². The zero-order valence-electron chi connectivity index (χ0n) is 21.5. The first-order valence-corrected chi connectivity index (χ1v) is 13.2. The van der Waals surface area contributed by atoms with Gasteiger partial charge in [0.05, 0.1) is 6.04 Å². The minimum absolute atomic E-state index is 0.153. The maximum absolute atomic E-state index is 13.4. The SMILES string of the molecule is CCCC(NC(=O)N1C(=O)C(CC)(CC)C1Oc1ccc(N2CCCC2)cc1)c1ccc(C)cc1. The molecule has 2 heterocycles. The Labute approximate surface area is 209 Å². The number of carbonyl (C=O) groups excluding carboxylic acids is 2. The molecule has 188 valence electrons. The van der Waals surface area contributed by atoms with E-state index in [0.29, 0.717) is 18.6 Å². The van der Waals surface area contributed by atoms with Gasteiger partial charge in [-0.2, -0.15) is 0 Å². The number of carbonyl (C=O) groups is 2. The third-order valence-electron chi connectivity index (χ3n) is 7.74. The smallest absolute Gasteiger partial charge is 0.327 e. The Kier molecular flexibility index (Phi) is 7.68. The van der Waals surface area contributed by atoms with Crippen molar-refractivity contribution in [3.63, 3.8) is 0 Å². The van der Waals surface area contributed by atoms with Crippen molar-refractivity contribution in [1.29, 1.82) is 0 Å². The van der Waals surface area contributed by atoms with E-state index in [4.69, 9.17) is 4.74 Å². The molecule has 0 aliphatic carbocycles. The molecule has 0 saturated carbocycles. The topological polar surface area (TPSA) is 61.9 Å². The molecule has 2 aliphatic rings. The normalized spacial score (nSPS) is 19.9. The highest BCUT2D eigenvalue weighted by atomic mass is 16.5. The van der Waals surface area contributed by atoms with Crippen LogP contribution in [0.5, 0.6) is 5.75 Å². The average Bonchev–Trinajstić information content (AvgIpc) is 3.40. The molecule has 2 fully saturated rings. The molecule has 2 saturated heterocycles. The first-order valence-electron chi connectivity index (χ1n) is 13.2. The second-order valence-corrected chi connectivity index (χ2v) is 9.90. The number of nitrogens with zero attached hydrogens (tertiary/aromatic N) is 2. The van der Waals surface area contributed by atoms with Crippen LogP contribution in [0.2, 0.25) is 0 Å². The summed E-state index contributed by atoms with van der Waals surface area (Å²) >= 11 is 0. The van der Waals surface area contributed by atoms with Crippen LogP contribution in [0.4, 0.5) is 10.5 Å². The molecule has 1 N–H and O–H groups in total. The summed E-state index contributed by atoms with van der Waals surface area (Å²) in [7, 11) is 0. The molecule has 6 nitrogen and oxygen atoms in total. The van der Waals surface area contributed by atoms with E-state index in [2.05, 4.69) is 41.4 Å². The van der Waals surface area contributed by atoms with Gasteiger partial charge in [0.2, 0.25) is 5.91 Å². The Morgan fingerprint density at radius 3 is 2.23 bits per heavy atom. The quantitative estimate of drug-likeness (QED) is 0.437. The van der Waals surface area contributed by atoms with Gasteiger partial charge in [0.1, 0.15) is 11.2 Å². The number of ether oxygens (including phenoxy) is 1. The van der Waals surface area contributed by atoms with E-state index in [1.807, 2.05) is 45.0 Å². The van der Waals surface area contributed by atoms with Crippen molar-refractivity contribution in [1.82, 2.24) is 10.2 Å². The molecular formula is C29H39N3O3. The van der Waals surface area contributed by atoms with Gasteiger partial charge in [-0.3, -0.25) is 4.79 Å². The molecule has 2 atom stereocenters. The standard InChI is InChI=1S/C29H39N3O3/c1-5-10-25(22-13-11-21(4)12-14-22)30-28(34)32-26(33)29(6-2,7-3)27(32)35-24-17-15-23(16-18-24)31-19-8-9-20-31/h11-18,25,27H,5-10,19-20H2,1-4H3,(H,30,34). The third-order valence-corrected chi connectivity index (χ3v) is 7.74. The summed E-state index contributed by atoms with van der Waals surface area (Å²) < 4.78 is 6.36. The molecule has 2 aliphatic heterocycles. The summed E-state index contributed by atoms with van der Waals surface area (Å²) in [4.78, 5) is 30.4. The van der Waals surface area contributed by atoms with Gasteiger partial charge in [-0.05, 0) is 68.9 Å². The summed E-state index contributed by atoms with van der Waals surface area (Å²) in [6.45, 7) is 10.3.